The van der Waals surface area contributed by atoms with Crippen molar-refractivity contribution >= 4 is 11.8 Å². The zero-order valence-corrected chi connectivity index (χ0v) is 17.1. The average molecular weight is 402 g/mol. The molecule has 2 amide bonds. The molecule has 4 aliphatic rings. The molecule has 3 aliphatic heterocycles. The van der Waals surface area contributed by atoms with Gasteiger partial charge in [-0.15, -0.1) is 0 Å². The van der Waals surface area contributed by atoms with Crippen molar-refractivity contribution in [2.45, 2.75) is 56.2 Å². The molecule has 4 fully saturated rings. The van der Waals surface area contributed by atoms with Crippen molar-refractivity contribution in [1.82, 2.24) is 19.4 Å². The van der Waals surface area contributed by atoms with E-state index in [0.717, 1.165) is 25.7 Å². The second kappa shape index (κ2) is 7.40. The summed E-state index contributed by atoms with van der Waals surface area (Å²) in [4.78, 5) is 33.9. The summed E-state index contributed by atoms with van der Waals surface area (Å²) >= 11 is 0. The Kier molecular flexibility index (Phi) is 4.86. The number of hydrogen-bond acceptors (Lipinski definition) is 5. The molecule has 1 saturated carbocycles. The van der Waals surface area contributed by atoms with Gasteiger partial charge in [0.25, 0.3) is 11.8 Å². The van der Waals surface area contributed by atoms with Gasteiger partial charge in [-0.05, 0) is 44.4 Å². The van der Waals surface area contributed by atoms with Gasteiger partial charge in [0.05, 0.1) is 18.5 Å². The molecule has 0 bridgehead atoms. The predicted octanol–water partition coefficient (Wildman–Crippen LogP) is 1.21. The molecular formula is C21H30N4O4. The molecule has 3 saturated heterocycles. The summed E-state index contributed by atoms with van der Waals surface area (Å²) in [7, 11) is 1.86. The quantitative estimate of drug-likeness (QED) is 0.692. The maximum Gasteiger partial charge on any atom is 0.274 e. The Balaban J connectivity index is 1.24. The third-order valence-electron chi connectivity index (χ3n) is 7.02. The molecular weight excluding hydrogens is 372 g/mol. The van der Waals surface area contributed by atoms with Crippen LogP contribution in [0.25, 0.3) is 0 Å². The number of imidazole rings is 1. The SMILES string of the molecule is Cn1cnc(C(=O)N2CCC(N3C(=O)C(OCC4CC4)C34CCOCC4)CC2)c1. The lowest BCUT2D eigenvalue weighted by molar-refractivity contribution is -0.219. The van der Waals surface area contributed by atoms with E-state index in [1.807, 2.05) is 11.9 Å². The summed E-state index contributed by atoms with van der Waals surface area (Å²) in [6.07, 6.45) is 8.86. The van der Waals surface area contributed by atoms with Crippen molar-refractivity contribution in [3.8, 4) is 0 Å². The third-order valence-corrected chi connectivity index (χ3v) is 7.02. The van der Waals surface area contributed by atoms with Gasteiger partial charge in [-0.1, -0.05) is 0 Å². The highest BCUT2D eigenvalue weighted by atomic mass is 16.5. The van der Waals surface area contributed by atoms with Gasteiger partial charge in [0.1, 0.15) is 5.69 Å². The number of piperidine rings is 1. The van der Waals surface area contributed by atoms with Crippen LogP contribution < -0.4 is 0 Å². The van der Waals surface area contributed by atoms with Crippen LogP contribution in [0.1, 0.15) is 49.0 Å². The number of amides is 2. The number of nitrogens with zero attached hydrogens (tertiary/aromatic N) is 4. The maximum atomic E-state index is 13.1. The van der Waals surface area contributed by atoms with Gasteiger partial charge in [-0.3, -0.25) is 9.59 Å². The minimum Gasteiger partial charge on any atom is -0.381 e. The summed E-state index contributed by atoms with van der Waals surface area (Å²) < 4.78 is 13.5. The Bertz CT molecular complexity index is 775. The van der Waals surface area contributed by atoms with Gasteiger partial charge in [-0.25, -0.2) is 4.98 Å². The van der Waals surface area contributed by atoms with Gasteiger partial charge < -0.3 is 23.8 Å². The van der Waals surface area contributed by atoms with E-state index in [9.17, 15) is 9.59 Å². The minimum absolute atomic E-state index is 0.0228. The smallest absolute Gasteiger partial charge is 0.274 e. The summed E-state index contributed by atoms with van der Waals surface area (Å²) in [6.45, 7) is 3.39. The van der Waals surface area contributed by atoms with E-state index >= 15 is 0 Å². The van der Waals surface area contributed by atoms with Crippen LogP contribution in [0.15, 0.2) is 12.5 Å². The van der Waals surface area contributed by atoms with Crippen molar-refractivity contribution in [3.63, 3.8) is 0 Å². The van der Waals surface area contributed by atoms with Gasteiger partial charge in [0.2, 0.25) is 0 Å². The maximum absolute atomic E-state index is 13.1. The van der Waals surface area contributed by atoms with E-state index < -0.39 is 0 Å². The van der Waals surface area contributed by atoms with Crippen molar-refractivity contribution in [1.29, 1.82) is 0 Å². The number of rotatable bonds is 5. The fourth-order valence-electron chi connectivity index (χ4n) is 5.16. The fourth-order valence-corrected chi connectivity index (χ4v) is 5.16. The number of carbonyl (C=O) groups is 2. The minimum atomic E-state index is -0.305. The van der Waals surface area contributed by atoms with Crippen LogP contribution in [0.3, 0.4) is 0 Å². The molecule has 0 N–H and O–H groups in total. The van der Waals surface area contributed by atoms with Crippen LogP contribution in [0.5, 0.6) is 0 Å². The normalized spacial score (nSPS) is 27.3. The van der Waals surface area contributed by atoms with Gasteiger partial charge in [0, 0.05) is 45.6 Å². The van der Waals surface area contributed by atoms with Crippen molar-refractivity contribution in [3.05, 3.63) is 18.2 Å². The van der Waals surface area contributed by atoms with Crippen LogP contribution in [0.4, 0.5) is 0 Å². The van der Waals surface area contributed by atoms with Crippen molar-refractivity contribution < 1.29 is 19.1 Å². The molecule has 158 valence electrons. The molecule has 5 rings (SSSR count). The summed E-state index contributed by atoms with van der Waals surface area (Å²) in [5, 5.41) is 0. The number of β-lactam (4-membered cyclic amide) rings is 1. The molecule has 4 heterocycles. The number of likely N-dealkylation sites (tertiary alicyclic amines) is 2. The largest absolute Gasteiger partial charge is 0.381 e. The number of carbonyl (C=O) groups excluding carboxylic acids is 2. The number of hydrogen-bond donors (Lipinski definition) is 0. The fraction of sp³-hybridized carbons (Fsp3) is 0.762. The van der Waals surface area contributed by atoms with Gasteiger partial charge in [-0.2, -0.15) is 0 Å². The second-order valence-electron chi connectivity index (χ2n) is 9.03. The standard InChI is InChI=1S/C21H30N4O4/c1-23-12-17(22-14-23)19(26)24-8-4-16(5-9-24)25-20(27)18(29-13-15-2-3-15)21(25)6-10-28-11-7-21/h12,14-16,18H,2-11,13H2,1H3. The van der Waals surface area contributed by atoms with Crippen molar-refractivity contribution in [2.75, 3.05) is 32.9 Å². The first-order valence-corrected chi connectivity index (χ1v) is 10.9. The van der Waals surface area contributed by atoms with Crippen LogP contribution in [0, 0.1) is 5.92 Å². The Morgan fingerprint density at radius 1 is 1.24 bits per heavy atom. The van der Waals surface area contributed by atoms with E-state index in [-0.39, 0.29) is 29.5 Å². The Morgan fingerprint density at radius 2 is 1.97 bits per heavy atom. The van der Waals surface area contributed by atoms with Gasteiger partial charge in [0.15, 0.2) is 6.10 Å². The number of ether oxygens (including phenoxy) is 2. The first-order chi connectivity index (χ1) is 14.1. The summed E-state index contributed by atoms with van der Waals surface area (Å²) in [5.74, 6) is 0.766. The molecule has 0 radical (unpaired) electrons. The molecule has 1 atom stereocenters. The van der Waals surface area contributed by atoms with Crippen LogP contribution >= 0.6 is 0 Å². The molecule has 0 aromatic carbocycles. The molecule has 1 aliphatic carbocycles. The summed E-state index contributed by atoms with van der Waals surface area (Å²) in [5.41, 5.74) is 0.280. The van der Waals surface area contributed by atoms with E-state index in [2.05, 4.69) is 9.88 Å². The first kappa shape index (κ1) is 19.1. The number of aromatic nitrogens is 2. The van der Waals surface area contributed by atoms with Crippen LogP contribution in [-0.4, -0.2) is 81.8 Å². The number of aryl methyl sites for hydroxylation is 1. The van der Waals surface area contributed by atoms with E-state index in [1.54, 1.807) is 17.1 Å². The first-order valence-electron chi connectivity index (χ1n) is 10.9. The average Bonchev–Trinajstić information content (AvgIpc) is 3.47. The molecule has 1 aromatic heterocycles. The molecule has 29 heavy (non-hydrogen) atoms. The highest BCUT2D eigenvalue weighted by molar-refractivity contribution is 5.92. The lowest BCUT2D eigenvalue weighted by Gasteiger charge is -2.62. The molecule has 8 nitrogen and oxygen atoms in total. The van der Waals surface area contributed by atoms with E-state index in [4.69, 9.17) is 9.47 Å². The topological polar surface area (TPSA) is 76.9 Å². The third kappa shape index (κ3) is 3.36. The Labute approximate surface area is 171 Å². The van der Waals surface area contributed by atoms with Crippen molar-refractivity contribution in [2.24, 2.45) is 13.0 Å². The zero-order chi connectivity index (χ0) is 20.0. The highest BCUT2D eigenvalue weighted by Gasteiger charge is 2.63. The lowest BCUT2D eigenvalue weighted by atomic mass is 9.72. The monoisotopic (exact) mass is 402 g/mol. The predicted molar refractivity (Wildman–Crippen MR) is 104 cm³/mol. The molecule has 1 spiro atoms. The van der Waals surface area contributed by atoms with E-state index in [0.29, 0.717) is 44.5 Å². The zero-order valence-electron chi connectivity index (χ0n) is 17.1. The highest BCUT2D eigenvalue weighted by Crippen LogP contribution is 2.46. The molecule has 1 aromatic rings. The Morgan fingerprint density at radius 3 is 2.59 bits per heavy atom. The van der Waals surface area contributed by atoms with E-state index in [1.165, 1.54) is 12.8 Å². The van der Waals surface area contributed by atoms with Crippen LogP contribution in [-0.2, 0) is 21.3 Å². The molecule has 8 heteroatoms. The summed E-state index contributed by atoms with van der Waals surface area (Å²) in [6, 6.07) is 0.175. The Hall–Kier alpha value is -1.93. The lowest BCUT2D eigenvalue weighted by Crippen LogP contribution is -2.79. The molecule has 1 unspecified atom stereocenters. The van der Waals surface area contributed by atoms with Gasteiger partial charge >= 0.3 is 0 Å². The van der Waals surface area contributed by atoms with Crippen LogP contribution in [0.2, 0.25) is 0 Å². The second-order valence-corrected chi connectivity index (χ2v) is 9.03.